The van der Waals surface area contributed by atoms with Gasteiger partial charge in [-0.05, 0) is 74.1 Å². The number of halogens is 1. The number of fused-ring (bicyclic) bond motifs is 1. The van der Waals surface area contributed by atoms with E-state index < -0.39 is 6.04 Å². The van der Waals surface area contributed by atoms with E-state index in [2.05, 4.69) is 51.4 Å². The van der Waals surface area contributed by atoms with Gasteiger partial charge in [0.05, 0.1) is 5.69 Å². The summed E-state index contributed by atoms with van der Waals surface area (Å²) in [6.45, 7) is 11.1. The molecule has 3 N–H and O–H groups in total. The summed E-state index contributed by atoms with van der Waals surface area (Å²) in [5, 5.41) is 7.68. The summed E-state index contributed by atoms with van der Waals surface area (Å²) < 4.78 is 13.7. The molecule has 1 aromatic heterocycles. The first kappa shape index (κ1) is 33.3. The molecule has 0 aliphatic carbocycles. The van der Waals surface area contributed by atoms with Crippen molar-refractivity contribution < 1.29 is 14.0 Å². The quantitative estimate of drug-likeness (QED) is 0.165. The van der Waals surface area contributed by atoms with E-state index in [1.165, 1.54) is 12.1 Å². The molecule has 46 heavy (non-hydrogen) atoms. The van der Waals surface area contributed by atoms with Crippen LogP contribution in [0.15, 0.2) is 71.8 Å². The summed E-state index contributed by atoms with van der Waals surface area (Å²) in [4.78, 5) is 38.4. The molecule has 1 aliphatic heterocycles. The Kier molecular flexibility index (Phi) is 10.6. The van der Waals surface area contributed by atoms with E-state index in [4.69, 9.17) is 0 Å². The summed E-state index contributed by atoms with van der Waals surface area (Å²) in [6.07, 6.45) is 1.93. The molecule has 244 valence electrons. The number of carbonyl (C=O) groups is 2. The number of hydrogen-bond donors (Lipinski definition) is 3. The van der Waals surface area contributed by atoms with E-state index in [0.29, 0.717) is 31.4 Å². The highest BCUT2D eigenvalue weighted by Gasteiger charge is 2.33. The average molecular weight is 645 g/mol. The Morgan fingerprint density at radius 2 is 1.74 bits per heavy atom. The number of para-hydroxylation sites is 1. The Hall–Kier alpha value is -4.02. The Bertz CT molecular complexity index is 1680. The van der Waals surface area contributed by atoms with E-state index in [0.717, 1.165) is 50.4 Å². The van der Waals surface area contributed by atoms with Crippen LogP contribution in [0.25, 0.3) is 10.9 Å². The maximum Gasteiger partial charge on any atom is 0.318 e. The number of anilines is 2. The minimum atomic E-state index is -0.835. The van der Waals surface area contributed by atoms with Crippen molar-refractivity contribution in [1.29, 1.82) is 0 Å². The van der Waals surface area contributed by atoms with Crippen molar-refractivity contribution in [2.75, 3.05) is 50.5 Å². The fourth-order valence-electron chi connectivity index (χ4n) is 6.12. The Labute approximate surface area is 275 Å². The minimum absolute atomic E-state index is 0.257. The number of benzene rings is 3. The van der Waals surface area contributed by atoms with Crippen molar-refractivity contribution in [3.05, 3.63) is 89.4 Å². The molecule has 1 saturated heterocycles. The Morgan fingerprint density at radius 3 is 2.43 bits per heavy atom. The average Bonchev–Trinajstić information content (AvgIpc) is 3.45. The number of carbonyl (C=O) groups excluding carboxylic acids is 2. The smallest absolute Gasteiger partial charge is 0.318 e. The molecule has 1 fully saturated rings. The van der Waals surface area contributed by atoms with Gasteiger partial charge in [0.2, 0.25) is 5.91 Å². The highest BCUT2D eigenvalue weighted by molar-refractivity contribution is 8.00. The molecule has 0 radical (unpaired) electrons. The maximum atomic E-state index is 14.3. The van der Waals surface area contributed by atoms with Gasteiger partial charge in [-0.2, -0.15) is 0 Å². The largest absolute Gasteiger partial charge is 0.368 e. The molecular formula is C36H45FN6O2S. The van der Waals surface area contributed by atoms with Crippen molar-refractivity contribution in [3.8, 4) is 0 Å². The molecule has 3 amide bonds. The Balaban J connectivity index is 1.39. The lowest BCUT2D eigenvalue weighted by Crippen LogP contribution is -2.56. The zero-order valence-corrected chi connectivity index (χ0v) is 28.4. The highest BCUT2D eigenvalue weighted by Crippen LogP contribution is 2.33. The van der Waals surface area contributed by atoms with Crippen LogP contribution < -0.4 is 15.5 Å². The third-order valence-corrected chi connectivity index (χ3v) is 9.48. The van der Waals surface area contributed by atoms with Gasteiger partial charge in [-0.25, -0.2) is 9.18 Å². The molecule has 4 aromatic rings. The number of aromatic nitrogens is 1. The standard InChI is InChI=1S/C36H45FN6O2S/c1-23(2)46-33-14-11-26(22-41(5)6)20-31(33)39-35(44)34(25(4)29-21-38-30-10-8-7-9-28(29)30)40-36(45)43-17-15-42(16-18-43)32-13-12-27(37)19-24(32)3/h7-14,19-21,23,25,34,38H,15-18,22H2,1-6H3,(H,39,44)(H,40,45)/t25-,34+/m0/s1. The predicted molar refractivity (Wildman–Crippen MR) is 187 cm³/mol. The van der Waals surface area contributed by atoms with Gasteiger partial charge >= 0.3 is 6.03 Å². The molecule has 2 heterocycles. The van der Waals surface area contributed by atoms with Crippen molar-refractivity contribution in [1.82, 2.24) is 20.1 Å². The van der Waals surface area contributed by atoms with E-state index in [9.17, 15) is 14.0 Å². The van der Waals surface area contributed by atoms with Crippen LogP contribution in [-0.2, 0) is 11.3 Å². The molecule has 0 bridgehead atoms. The number of rotatable bonds is 10. The third kappa shape index (κ3) is 7.85. The molecular weight excluding hydrogens is 600 g/mol. The number of nitrogens with one attached hydrogen (secondary N) is 3. The molecule has 0 spiro atoms. The van der Waals surface area contributed by atoms with Gasteiger partial charge in [0.1, 0.15) is 11.9 Å². The van der Waals surface area contributed by atoms with Gasteiger partial charge in [-0.15, -0.1) is 11.8 Å². The second-order valence-electron chi connectivity index (χ2n) is 12.6. The first-order valence-corrected chi connectivity index (χ1v) is 16.8. The summed E-state index contributed by atoms with van der Waals surface area (Å²) in [5.74, 6) is -0.846. The molecule has 3 aromatic carbocycles. The molecule has 10 heteroatoms. The van der Waals surface area contributed by atoms with Gasteiger partial charge in [-0.3, -0.25) is 4.79 Å². The lowest BCUT2D eigenvalue weighted by atomic mass is 9.92. The second-order valence-corrected chi connectivity index (χ2v) is 14.3. The van der Waals surface area contributed by atoms with E-state index in [-0.39, 0.29) is 23.7 Å². The number of H-pyrrole nitrogens is 1. The third-order valence-electron chi connectivity index (χ3n) is 8.40. The Morgan fingerprint density at radius 1 is 1.00 bits per heavy atom. The summed E-state index contributed by atoms with van der Waals surface area (Å²) in [7, 11) is 4.04. The number of thioether (sulfide) groups is 1. The lowest BCUT2D eigenvalue weighted by Gasteiger charge is -2.37. The van der Waals surface area contributed by atoms with Crippen LogP contribution in [0.1, 0.15) is 43.4 Å². The van der Waals surface area contributed by atoms with Crippen LogP contribution in [0.4, 0.5) is 20.6 Å². The zero-order chi connectivity index (χ0) is 33.0. The molecule has 1 aliphatic rings. The van der Waals surface area contributed by atoms with Crippen LogP contribution in [0.5, 0.6) is 0 Å². The van der Waals surface area contributed by atoms with E-state index >= 15 is 0 Å². The topological polar surface area (TPSA) is 83.7 Å². The highest BCUT2D eigenvalue weighted by atomic mass is 32.2. The van der Waals surface area contributed by atoms with Gasteiger partial charge in [0.25, 0.3) is 0 Å². The van der Waals surface area contributed by atoms with E-state index in [1.54, 1.807) is 22.7 Å². The number of amides is 3. The van der Waals surface area contributed by atoms with Crippen molar-refractivity contribution in [3.63, 3.8) is 0 Å². The molecule has 2 atom stereocenters. The number of nitrogens with zero attached hydrogens (tertiary/aromatic N) is 3. The summed E-state index contributed by atoms with van der Waals surface area (Å²) in [5.41, 5.74) is 5.62. The SMILES string of the molecule is Cc1cc(F)ccc1N1CCN(C(=O)N[C@@H](C(=O)Nc2cc(CN(C)C)ccc2SC(C)C)[C@@H](C)c2c[nH]c3ccccc23)CC1. The van der Waals surface area contributed by atoms with Crippen LogP contribution in [0, 0.1) is 12.7 Å². The van der Waals surface area contributed by atoms with Crippen LogP contribution in [0.3, 0.4) is 0 Å². The maximum absolute atomic E-state index is 14.3. The molecule has 8 nitrogen and oxygen atoms in total. The second kappa shape index (κ2) is 14.6. The van der Waals surface area contributed by atoms with Gasteiger partial charge in [0, 0.05) is 71.6 Å². The first-order chi connectivity index (χ1) is 22.0. The summed E-state index contributed by atoms with van der Waals surface area (Å²) >= 11 is 1.70. The minimum Gasteiger partial charge on any atom is -0.368 e. The van der Waals surface area contributed by atoms with Crippen molar-refractivity contribution >= 4 is 46.0 Å². The number of aromatic amines is 1. The number of urea groups is 1. The molecule has 0 unspecified atom stereocenters. The van der Waals surface area contributed by atoms with Gasteiger partial charge in [0.15, 0.2) is 0 Å². The van der Waals surface area contributed by atoms with Crippen LogP contribution in [-0.4, -0.2) is 78.3 Å². The zero-order valence-electron chi connectivity index (χ0n) is 27.6. The van der Waals surface area contributed by atoms with Crippen molar-refractivity contribution in [2.24, 2.45) is 0 Å². The predicted octanol–water partition coefficient (Wildman–Crippen LogP) is 6.82. The van der Waals surface area contributed by atoms with Crippen LogP contribution in [0.2, 0.25) is 0 Å². The van der Waals surface area contributed by atoms with Gasteiger partial charge < -0.3 is 30.3 Å². The van der Waals surface area contributed by atoms with Crippen molar-refractivity contribution in [2.45, 2.75) is 56.3 Å². The summed E-state index contributed by atoms with van der Waals surface area (Å²) in [6, 6.07) is 17.9. The molecule has 5 rings (SSSR count). The van der Waals surface area contributed by atoms with E-state index in [1.807, 2.05) is 64.5 Å². The van der Waals surface area contributed by atoms with Crippen LogP contribution >= 0.6 is 11.8 Å². The fourth-order valence-corrected chi connectivity index (χ4v) is 7.01. The number of aryl methyl sites for hydroxylation is 1. The first-order valence-electron chi connectivity index (χ1n) is 15.9. The lowest BCUT2D eigenvalue weighted by molar-refractivity contribution is -0.118. The number of piperazine rings is 1. The number of hydrogen-bond acceptors (Lipinski definition) is 5. The van der Waals surface area contributed by atoms with Gasteiger partial charge in [-0.1, -0.05) is 45.0 Å². The monoisotopic (exact) mass is 644 g/mol. The fraction of sp³-hybridized carbons (Fsp3) is 0.389. The molecule has 0 saturated carbocycles. The normalized spacial score (nSPS) is 15.0.